The number of hydrogen-bond acceptors (Lipinski definition) is 1. The Bertz CT molecular complexity index is 287. The first-order chi connectivity index (χ1) is 6.52. The molecule has 0 saturated carbocycles. The van der Waals surface area contributed by atoms with Gasteiger partial charge in [-0.05, 0) is 17.7 Å². The van der Waals surface area contributed by atoms with Crippen LogP contribution in [0.25, 0.3) is 0 Å². The molecule has 0 radical (unpaired) electrons. The Kier molecular flexibility index (Phi) is 3.84. The zero-order valence-electron chi connectivity index (χ0n) is 7.62. The third kappa shape index (κ3) is 2.66. The molecule has 0 aliphatic carbocycles. The third-order valence-electron chi connectivity index (χ3n) is 2.11. The molecule has 14 heavy (non-hydrogen) atoms. The number of rotatable bonds is 3. The molecule has 1 aromatic rings. The molecule has 0 aromatic heterocycles. The Morgan fingerprint density at radius 2 is 1.71 bits per heavy atom. The van der Waals surface area contributed by atoms with E-state index in [4.69, 9.17) is 11.6 Å². The summed E-state index contributed by atoms with van der Waals surface area (Å²) in [6.45, 7) is 1.31. The first-order valence-electron chi connectivity index (χ1n) is 4.24. The molecule has 0 fully saturated rings. The van der Waals surface area contributed by atoms with E-state index in [0.717, 1.165) is 0 Å². The summed E-state index contributed by atoms with van der Waals surface area (Å²) in [5.41, 5.74) is 0.460. The van der Waals surface area contributed by atoms with Crippen molar-refractivity contribution >= 4 is 11.6 Å². The van der Waals surface area contributed by atoms with Gasteiger partial charge in [0.25, 0.3) is 0 Å². The maximum absolute atomic E-state index is 12.3. The zero-order valence-corrected chi connectivity index (χ0v) is 8.38. The third-order valence-corrected chi connectivity index (χ3v) is 2.36. The van der Waals surface area contributed by atoms with Crippen LogP contribution in [-0.4, -0.2) is 11.5 Å². The molecule has 1 rings (SSSR count). The van der Waals surface area contributed by atoms with Crippen LogP contribution in [0.1, 0.15) is 18.6 Å². The van der Waals surface area contributed by atoms with Gasteiger partial charge in [-0.3, -0.25) is 0 Å². The molecule has 0 saturated heterocycles. The first-order valence-corrected chi connectivity index (χ1v) is 4.62. The molecule has 1 aromatic carbocycles. The summed E-state index contributed by atoms with van der Waals surface area (Å²) in [4.78, 5) is 0. The molecule has 78 valence electrons. The second kappa shape index (κ2) is 4.71. The zero-order chi connectivity index (χ0) is 10.7. The van der Waals surface area contributed by atoms with E-state index in [9.17, 15) is 13.9 Å². The van der Waals surface area contributed by atoms with Gasteiger partial charge in [0.1, 0.15) is 0 Å². The number of aliphatic hydroxyl groups excluding tert-OH is 1. The fourth-order valence-electron chi connectivity index (χ4n) is 1.10. The highest BCUT2D eigenvalue weighted by atomic mass is 35.5. The molecule has 0 aliphatic rings. The summed E-state index contributed by atoms with van der Waals surface area (Å²) in [7, 11) is 0. The molecule has 2 unspecified atom stereocenters. The molecule has 0 bridgehead atoms. The lowest BCUT2D eigenvalue weighted by molar-refractivity contribution is 0.000637. The van der Waals surface area contributed by atoms with Crippen molar-refractivity contribution in [3.8, 4) is 0 Å². The molecule has 0 aliphatic heterocycles. The number of benzene rings is 1. The standard InChI is InChI=1S/C10H11ClF2O/c1-6(10(12)13)9(14)7-2-4-8(11)5-3-7/h2-6,9-10,14H,1H3. The second-order valence-electron chi connectivity index (χ2n) is 3.19. The Morgan fingerprint density at radius 1 is 1.21 bits per heavy atom. The maximum atomic E-state index is 12.3. The number of alkyl halides is 2. The highest BCUT2D eigenvalue weighted by Gasteiger charge is 2.24. The van der Waals surface area contributed by atoms with Crippen molar-refractivity contribution in [2.24, 2.45) is 5.92 Å². The van der Waals surface area contributed by atoms with Crippen molar-refractivity contribution in [2.75, 3.05) is 0 Å². The van der Waals surface area contributed by atoms with Crippen molar-refractivity contribution < 1.29 is 13.9 Å². The number of aliphatic hydroxyl groups is 1. The van der Waals surface area contributed by atoms with Crippen molar-refractivity contribution in [1.29, 1.82) is 0 Å². The lowest BCUT2D eigenvalue weighted by Crippen LogP contribution is -2.16. The van der Waals surface area contributed by atoms with Gasteiger partial charge in [-0.15, -0.1) is 0 Å². The van der Waals surface area contributed by atoms with E-state index >= 15 is 0 Å². The fourth-order valence-corrected chi connectivity index (χ4v) is 1.23. The van der Waals surface area contributed by atoms with Gasteiger partial charge in [-0.2, -0.15) is 0 Å². The first kappa shape index (κ1) is 11.4. The van der Waals surface area contributed by atoms with Gasteiger partial charge in [0, 0.05) is 10.9 Å². The lowest BCUT2D eigenvalue weighted by Gasteiger charge is -2.18. The van der Waals surface area contributed by atoms with Crippen molar-refractivity contribution in [3.63, 3.8) is 0 Å². The van der Waals surface area contributed by atoms with E-state index in [2.05, 4.69) is 0 Å². The van der Waals surface area contributed by atoms with Crippen LogP contribution in [0.4, 0.5) is 8.78 Å². The Balaban J connectivity index is 2.78. The topological polar surface area (TPSA) is 20.2 Å². The van der Waals surface area contributed by atoms with E-state index in [-0.39, 0.29) is 0 Å². The second-order valence-corrected chi connectivity index (χ2v) is 3.63. The minimum Gasteiger partial charge on any atom is -0.388 e. The average Bonchev–Trinajstić information content (AvgIpc) is 2.16. The van der Waals surface area contributed by atoms with Crippen molar-refractivity contribution in [3.05, 3.63) is 34.9 Å². The summed E-state index contributed by atoms with van der Waals surface area (Å²) in [6, 6.07) is 6.23. The minimum atomic E-state index is -2.53. The molecule has 0 amide bonds. The quantitative estimate of drug-likeness (QED) is 0.829. The van der Waals surface area contributed by atoms with E-state index in [1.54, 1.807) is 24.3 Å². The predicted molar refractivity (Wildman–Crippen MR) is 51.6 cm³/mol. The molecule has 1 nitrogen and oxygen atoms in total. The lowest BCUT2D eigenvalue weighted by atomic mass is 9.98. The van der Waals surface area contributed by atoms with Crippen LogP contribution >= 0.6 is 11.6 Å². The molecule has 4 heteroatoms. The monoisotopic (exact) mass is 220 g/mol. The van der Waals surface area contributed by atoms with Gasteiger partial charge in [0.2, 0.25) is 6.43 Å². The van der Waals surface area contributed by atoms with Gasteiger partial charge in [-0.25, -0.2) is 8.78 Å². The summed E-state index contributed by atoms with van der Waals surface area (Å²) in [5, 5.41) is 10.0. The largest absolute Gasteiger partial charge is 0.388 e. The normalized spacial score (nSPS) is 15.6. The summed E-state index contributed by atoms with van der Waals surface area (Å²) < 4.78 is 24.5. The van der Waals surface area contributed by atoms with Gasteiger partial charge >= 0.3 is 0 Å². The van der Waals surface area contributed by atoms with Gasteiger partial charge in [0.05, 0.1) is 6.10 Å². The van der Waals surface area contributed by atoms with E-state index in [1.165, 1.54) is 6.92 Å². The van der Waals surface area contributed by atoms with E-state index in [1.807, 2.05) is 0 Å². The minimum absolute atomic E-state index is 0.460. The van der Waals surface area contributed by atoms with Crippen molar-refractivity contribution in [2.45, 2.75) is 19.5 Å². The number of hydrogen-bond donors (Lipinski definition) is 1. The van der Waals surface area contributed by atoms with Crippen LogP contribution in [0.2, 0.25) is 5.02 Å². The van der Waals surface area contributed by atoms with Gasteiger partial charge in [0.15, 0.2) is 0 Å². The summed E-state index contributed by atoms with van der Waals surface area (Å²) >= 11 is 5.63. The van der Waals surface area contributed by atoms with Crippen LogP contribution in [0, 0.1) is 5.92 Å². The highest BCUT2D eigenvalue weighted by Crippen LogP contribution is 2.27. The molecular weight excluding hydrogens is 210 g/mol. The fraction of sp³-hybridized carbons (Fsp3) is 0.400. The van der Waals surface area contributed by atoms with Crippen molar-refractivity contribution in [1.82, 2.24) is 0 Å². The van der Waals surface area contributed by atoms with Crippen LogP contribution in [0.5, 0.6) is 0 Å². The van der Waals surface area contributed by atoms with E-state index in [0.29, 0.717) is 10.6 Å². The predicted octanol–water partition coefficient (Wildman–Crippen LogP) is 3.27. The molecule has 2 atom stereocenters. The SMILES string of the molecule is CC(C(F)F)C(O)c1ccc(Cl)cc1. The Morgan fingerprint density at radius 3 is 2.14 bits per heavy atom. The molecular formula is C10H11ClF2O. The van der Waals surface area contributed by atoms with Crippen LogP contribution in [0.15, 0.2) is 24.3 Å². The molecule has 1 N–H and O–H groups in total. The van der Waals surface area contributed by atoms with Crippen LogP contribution < -0.4 is 0 Å². The maximum Gasteiger partial charge on any atom is 0.243 e. The smallest absolute Gasteiger partial charge is 0.243 e. The average molecular weight is 221 g/mol. The van der Waals surface area contributed by atoms with Crippen LogP contribution in [0.3, 0.4) is 0 Å². The van der Waals surface area contributed by atoms with E-state index < -0.39 is 18.4 Å². The van der Waals surface area contributed by atoms with Crippen LogP contribution in [-0.2, 0) is 0 Å². The summed E-state index contributed by atoms with van der Waals surface area (Å²) in [5.74, 6) is -1.07. The summed E-state index contributed by atoms with van der Waals surface area (Å²) in [6.07, 6.45) is -3.67. The molecule has 0 spiro atoms. The number of halogens is 3. The van der Waals surface area contributed by atoms with Gasteiger partial charge < -0.3 is 5.11 Å². The molecule has 0 heterocycles. The Hall–Kier alpha value is -0.670. The highest BCUT2D eigenvalue weighted by molar-refractivity contribution is 6.30. The Labute approximate surface area is 86.3 Å². The van der Waals surface area contributed by atoms with Gasteiger partial charge in [-0.1, -0.05) is 30.7 Å².